The van der Waals surface area contributed by atoms with Crippen LogP contribution in [0.1, 0.15) is 36.3 Å². The molecule has 24 heavy (non-hydrogen) atoms. The van der Waals surface area contributed by atoms with Crippen molar-refractivity contribution in [1.29, 1.82) is 0 Å². The minimum atomic E-state index is -0.127. The van der Waals surface area contributed by atoms with E-state index in [1.165, 1.54) is 24.1 Å². The molecule has 2 aliphatic heterocycles. The van der Waals surface area contributed by atoms with Gasteiger partial charge in [0.05, 0.1) is 5.69 Å². The summed E-state index contributed by atoms with van der Waals surface area (Å²) in [5.74, 6) is 2.26. The molecule has 1 aromatic rings. The zero-order valence-corrected chi connectivity index (χ0v) is 14.1. The molecule has 5 heteroatoms. The van der Waals surface area contributed by atoms with Crippen LogP contribution in [0.15, 0.2) is 24.1 Å². The number of rotatable bonds is 3. The molecule has 3 aliphatic rings. The Kier molecular flexibility index (Phi) is 4.60. The van der Waals surface area contributed by atoms with Gasteiger partial charge in [-0.3, -0.25) is 0 Å². The molecule has 1 aliphatic carbocycles. The van der Waals surface area contributed by atoms with Gasteiger partial charge in [-0.25, -0.2) is 14.4 Å². The topological polar surface area (TPSA) is 41.1 Å². The predicted molar refractivity (Wildman–Crippen MR) is 93.9 cm³/mol. The molecule has 1 unspecified atom stereocenters. The molecule has 1 N–H and O–H groups in total. The van der Waals surface area contributed by atoms with Crippen molar-refractivity contribution in [3.05, 3.63) is 41.1 Å². The van der Waals surface area contributed by atoms with Crippen molar-refractivity contribution in [2.24, 2.45) is 5.92 Å². The van der Waals surface area contributed by atoms with Crippen molar-refractivity contribution in [2.75, 3.05) is 31.1 Å². The molecule has 0 aromatic carbocycles. The molecule has 0 amide bonds. The SMILES string of the molecule is FC1=CCC(Cc2nc3c(c(N4CCCC4)n2)CCNCC3)C=C1. The van der Waals surface area contributed by atoms with Crippen LogP contribution >= 0.6 is 0 Å². The van der Waals surface area contributed by atoms with Crippen LogP contribution in [0.3, 0.4) is 0 Å². The molecule has 1 atom stereocenters. The van der Waals surface area contributed by atoms with Crippen LogP contribution in [-0.4, -0.2) is 36.1 Å². The second-order valence-corrected chi connectivity index (χ2v) is 6.98. The maximum Gasteiger partial charge on any atom is 0.135 e. The highest BCUT2D eigenvalue weighted by Crippen LogP contribution is 2.28. The average Bonchev–Trinajstić information content (AvgIpc) is 3.02. The van der Waals surface area contributed by atoms with E-state index in [1.54, 1.807) is 12.2 Å². The van der Waals surface area contributed by atoms with Gasteiger partial charge in [-0.1, -0.05) is 6.08 Å². The van der Waals surface area contributed by atoms with Gasteiger partial charge in [0.2, 0.25) is 0 Å². The van der Waals surface area contributed by atoms with Crippen molar-refractivity contribution in [3.8, 4) is 0 Å². The Hall–Kier alpha value is -1.75. The van der Waals surface area contributed by atoms with Gasteiger partial charge in [0.1, 0.15) is 17.5 Å². The van der Waals surface area contributed by atoms with Crippen molar-refractivity contribution < 1.29 is 4.39 Å². The molecule has 0 bridgehead atoms. The molecule has 4 rings (SSSR count). The monoisotopic (exact) mass is 328 g/mol. The van der Waals surface area contributed by atoms with Gasteiger partial charge in [-0.15, -0.1) is 0 Å². The number of anilines is 1. The normalized spacial score (nSPS) is 23.8. The van der Waals surface area contributed by atoms with Crippen molar-refractivity contribution in [3.63, 3.8) is 0 Å². The third kappa shape index (κ3) is 3.36. The van der Waals surface area contributed by atoms with Gasteiger partial charge < -0.3 is 10.2 Å². The summed E-state index contributed by atoms with van der Waals surface area (Å²) in [5, 5.41) is 3.47. The molecular weight excluding hydrogens is 303 g/mol. The molecule has 1 aromatic heterocycles. The average molecular weight is 328 g/mol. The van der Waals surface area contributed by atoms with Crippen LogP contribution in [0.5, 0.6) is 0 Å². The van der Waals surface area contributed by atoms with E-state index < -0.39 is 0 Å². The summed E-state index contributed by atoms with van der Waals surface area (Å²) in [6, 6.07) is 0. The molecule has 128 valence electrons. The molecule has 4 nitrogen and oxygen atoms in total. The fraction of sp³-hybridized carbons (Fsp3) is 0.579. The predicted octanol–water partition coefficient (Wildman–Crippen LogP) is 2.74. The Bertz CT molecular complexity index is 662. The van der Waals surface area contributed by atoms with Crippen molar-refractivity contribution in [2.45, 2.75) is 38.5 Å². The number of allylic oxidation sites excluding steroid dienone is 4. The third-order valence-corrected chi connectivity index (χ3v) is 5.20. The second kappa shape index (κ2) is 7.01. The lowest BCUT2D eigenvalue weighted by molar-refractivity contribution is 0.583. The lowest BCUT2D eigenvalue weighted by atomic mass is 9.96. The van der Waals surface area contributed by atoms with Crippen molar-refractivity contribution >= 4 is 5.82 Å². The second-order valence-electron chi connectivity index (χ2n) is 6.98. The molecular formula is C19H25FN4. The van der Waals surface area contributed by atoms with Crippen LogP contribution in [0.25, 0.3) is 0 Å². The first-order valence-corrected chi connectivity index (χ1v) is 9.18. The first-order chi connectivity index (χ1) is 11.8. The molecule has 0 spiro atoms. The van der Waals surface area contributed by atoms with E-state index in [0.717, 1.165) is 63.5 Å². The van der Waals surface area contributed by atoms with Gasteiger partial charge in [-0.2, -0.15) is 0 Å². The van der Waals surface area contributed by atoms with Gasteiger partial charge in [0.25, 0.3) is 0 Å². The number of nitrogens with zero attached hydrogens (tertiary/aromatic N) is 3. The van der Waals surface area contributed by atoms with E-state index in [4.69, 9.17) is 9.97 Å². The highest BCUT2D eigenvalue weighted by atomic mass is 19.1. The zero-order chi connectivity index (χ0) is 16.4. The minimum Gasteiger partial charge on any atom is -0.356 e. The maximum absolute atomic E-state index is 13.2. The van der Waals surface area contributed by atoms with Gasteiger partial charge >= 0.3 is 0 Å². The van der Waals surface area contributed by atoms with Crippen LogP contribution < -0.4 is 10.2 Å². The third-order valence-electron chi connectivity index (χ3n) is 5.20. The van der Waals surface area contributed by atoms with E-state index in [1.807, 2.05) is 6.08 Å². The van der Waals surface area contributed by atoms with Crippen LogP contribution in [0.4, 0.5) is 10.2 Å². The molecule has 3 heterocycles. The highest BCUT2D eigenvalue weighted by molar-refractivity contribution is 5.51. The highest BCUT2D eigenvalue weighted by Gasteiger charge is 2.23. The lowest BCUT2D eigenvalue weighted by Gasteiger charge is -2.23. The first-order valence-electron chi connectivity index (χ1n) is 9.18. The number of halogens is 1. The zero-order valence-electron chi connectivity index (χ0n) is 14.1. The van der Waals surface area contributed by atoms with Gasteiger partial charge in [-0.05, 0) is 50.3 Å². The number of hydrogen-bond acceptors (Lipinski definition) is 4. The Morgan fingerprint density at radius 1 is 1.17 bits per heavy atom. The number of aromatic nitrogens is 2. The van der Waals surface area contributed by atoms with Gasteiger partial charge in [0.15, 0.2) is 0 Å². The van der Waals surface area contributed by atoms with E-state index in [9.17, 15) is 4.39 Å². The van der Waals surface area contributed by atoms with Crippen LogP contribution in [0, 0.1) is 5.92 Å². The number of nitrogens with one attached hydrogen (secondary N) is 1. The quantitative estimate of drug-likeness (QED) is 0.926. The first kappa shape index (κ1) is 15.8. The minimum absolute atomic E-state index is 0.127. The summed E-state index contributed by atoms with van der Waals surface area (Å²) in [4.78, 5) is 12.3. The fourth-order valence-corrected chi connectivity index (χ4v) is 3.88. The standard InChI is InChI=1S/C19H25FN4/c20-15-5-3-14(4-6-15)13-18-22-17-8-10-21-9-7-16(17)19(23-18)24-11-1-2-12-24/h3,5-6,14,21H,1-2,4,7-13H2. The Labute approximate surface area is 142 Å². The summed E-state index contributed by atoms with van der Waals surface area (Å²) in [7, 11) is 0. The largest absolute Gasteiger partial charge is 0.356 e. The summed E-state index contributed by atoms with van der Waals surface area (Å²) < 4.78 is 13.2. The molecule has 1 saturated heterocycles. The van der Waals surface area contributed by atoms with Gasteiger partial charge in [0, 0.05) is 38.0 Å². The summed E-state index contributed by atoms with van der Waals surface area (Å²) in [6.45, 7) is 4.20. The van der Waals surface area contributed by atoms with E-state index >= 15 is 0 Å². The molecule has 1 fully saturated rings. The molecule has 0 saturated carbocycles. The van der Waals surface area contributed by atoms with Crippen LogP contribution in [-0.2, 0) is 19.3 Å². The van der Waals surface area contributed by atoms with E-state index in [0.29, 0.717) is 5.92 Å². The maximum atomic E-state index is 13.2. The number of fused-ring (bicyclic) bond motifs is 1. The van der Waals surface area contributed by atoms with E-state index in [-0.39, 0.29) is 5.83 Å². The summed E-state index contributed by atoms with van der Waals surface area (Å²) >= 11 is 0. The fourth-order valence-electron chi connectivity index (χ4n) is 3.88. The number of hydrogen-bond donors (Lipinski definition) is 1. The Balaban J connectivity index is 1.63. The Morgan fingerprint density at radius 2 is 2.00 bits per heavy atom. The van der Waals surface area contributed by atoms with Crippen molar-refractivity contribution in [1.82, 2.24) is 15.3 Å². The smallest absolute Gasteiger partial charge is 0.135 e. The van der Waals surface area contributed by atoms with Crippen LogP contribution in [0.2, 0.25) is 0 Å². The summed E-state index contributed by atoms with van der Waals surface area (Å²) in [6.07, 6.45) is 11.2. The Morgan fingerprint density at radius 3 is 2.79 bits per heavy atom. The van der Waals surface area contributed by atoms with E-state index in [2.05, 4.69) is 10.2 Å². The lowest BCUT2D eigenvalue weighted by Crippen LogP contribution is -2.24. The molecule has 0 radical (unpaired) electrons. The summed E-state index contributed by atoms with van der Waals surface area (Å²) in [5.41, 5.74) is 2.56.